The molecule has 0 spiro atoms. The van der Waals surface area contributed by atoms with Gasteiger partial charge in [0, 0.05) is 18.8 Å². The first-order chi connectivity index (χ1) is 9.09. The fourth-order valence-electron chi connectivity index (χ4n) is 2.88. The Balaban J connectivity index is 2.13. The van der Waals surface area contributed by atoms with Gasteiger partial charge in [-0.1, -0.05) is 31.7 Å². The monoisotopic (exact) mass is 260 g/mol. The van der Waals surface area contributed by atoms with Crippen LogP contribution in [0.2, 0.25) is 0 Å². The predicted octanol–water partition coefficient (Wildman–Crippen LogP) is 3.37. The van der Waals surface area contributed by atoms with Crippen LogP contribution in [-0.2, 0) is 0 Å². The molecule has 1 amide bonds. The summed E-state index contributed by atoms with van der Waals surface area (Å²) in [6, 6.07) is 6.04. The second kappa shape index (κ2) is 6.09. The second-order valence-electron chi connectivity index (χ2n) is 5.65. The van der Waals surface area contributed by atoms with Crippen molar-refractivity contribution >= 4 is 11.6 Å². The summed E-state index contributed by atoms with van der Waals surface area (Å²) in [5, 5.41) is 0. The van der Waals surface area contributed by atoms with Crippen LogP contribution in [0.4, 0.5) is 5.69 Å². The number of nitrogens with two attached hydrogens (primary N) is 1. The van der Waals surface area contributed by atoms with Crippen LogP contribution in [0.5, 0.6) is 0 Å². The molecule has 0 heterocycles. The number of hydrogen-bond donors (Lipinski definition) is 1. The molecule has 1 fully saturated rings. The molecule has 0 aliphatic heterocycles. The van der Waals surface area contributed by atoms with Gasteiger partial charge in [0.05, 0.1) is 5.56 Å². The van der Waals surface area contributed by atoms with Crippen molar-refractivity contribution < 1.29 is 4.79 Å². The van der Waals surface area contributed by atoms with Crippen molar-refractivity contribution in [2.75, 3.05) is 12.8 Å². The Labute approximate surface area is 115 Å². The number of amides is 1. The summed E-state index contributed by atoms with van der Waals surface area (Å²) < 4.78 is 0. The number of benzene rings is 1. The highest BCUT2D eigenvalue weighted by molar-refractivity contribution is 5.99. The molecule has 0 bridgehead atoms. The molecule has 0 aromatic heterocycles. The summed E-state index contributed by atoms with van der Waals surface area (Å²) in [5.41, 5.74) is 8.29. The smallest absolute Gasteiger partial charge is 0.255 e. The second-order valence-corrected chi connectivity index (χ2v) is 5.65. The van der Waals surface area contributed by atoms with E-state index in [4.69, 9.17) is 5.73 Å². The molecule has 0 radical (unpaired) electrons. The van der Waals surface area contributed by atoms with Crippen molar-refractivity contribution in [3.63, 3.8) is 0 Å². The van der Waals surface area contributed by atoms with E-state index in [1.807, 2.05) is 37.1 Å². The van der Waals surface area contributed by atoms with Crippen molar-refractivity contribution in [2.24, 2.45) is 0 Å². The molecule has 0 unspecified atom stereocenters. The summed E-state index contributed by atoms with van der Waals surface area (Å²) in [4.78, 5) is 14.4. The average molecular weight is 260 g/mol. The molecule has 2 N–H and O–H groups in total. The third-order valence-corrected chi connectivity index (χ3v) is 4.13. The first-order valence-corrected chi connectivity index (χ1v) is 7.23. The Bertz CT molecular complexity index is 448. The number of nitrogen functional groups attached to an aromatic ring is 1. The zero-order valence-electron chi connectivity index (χ0n) is 12.0. The van der Waals surface area contributed by atoms with E-state index in [2.05, 4.69) is 0 Å². The Hall–Kier alpha value is -1.51. The largest absolute Gasteiger partial charge is 0.398 e. The highest BCUT2D eigenvalue weighted by atomic mass is 16.2. The molecule has 0 atom stereocenters. The molecule has 104 valence electrons. The van der Waals surface area contributed by atoms with E-state index in [0.717, 1.165) is 18.4 Å². The van der Waals surface area contributed by atoms with E-state index in [1.54, 1.807) is 0 Å². The lowest BCUT2D eigenvalue weighted by Gasteiger charge is -2.27. The lowest BCUT2D eigenvalue weighted by atomic mass is 10.0. The van der Waals surface area contributed by atoms with Crippen molar-refractivity contribution in [3.05, 3.63) is 29.3 Å². The van der Waals surface area contributed by atoms with Gasteiger partial charge in [-0.05, 0) is 37.5 Å². The van der Waals surface area contributed by atoms with Crippen molar-refractivity contribution in [1.82, 2.24) is 4.90 Å². The van der Waals surface area contributed by atoms with Crippen LogP contribution in [0.1, 0.15) is 54.4 Å². The third-order valence-electron chi connectivity index (χ3n) is 4.13. The molecule has 1 aromatic rings. The first kappa shape index (κ1) is 13.9. The zero-order chi connectivity index (χ0) is 13.8. The Kier molecular flexibility index (Phi) is 4.46. The van der Waals surface area contributed by atoms with E-state index in [-0.39, 0.29) is 5.91 Å². The van der Waals surface area contributed by atoms with Crippen LogP contribution in [-0.4, -0.2) is 23.9 Å². The summed E-state index contributed by atoms with van der Waals surface area (Å²) in [7, 11) is 1.91. The fourth-order valence-corrected chi connectivity index (χ4v) is 2.88. The molecule has 1 aliphatic rings. The minimum Gasteiger partial charge on any atom is -0.398 e. The Morgan fingerprint density at radius 2 is 1.84 bits per heavy atom. The van der Waals surface area contributed by atoms with Gasteiger partial charge in [0.1, 0.15) is 0 Å². The molecule has 0 saturated heterocycles. The average Bonchev–Trinajstić information content (AvgIpc) is 2.66. The maximum atomic E-state index is 12.5. The number of anilines is 1. The van der Waals surface area contributed by atoms with Crippen LogP contribution in [0.25, 0.3) is 0 Å². The molecule has 1 saturated carbocycles. The van der Waals surface area contributed by atoms with Crippen LogP contribution in [0.15, 0.2) is 18.2 Å². The number of hydrogen-bond acceptors (Lipinski definition) is 2. The van der Waals surface area contributed by atoms with Gasteiger partial charge in [0.15, 0.2) is 0 Å². The summed E-state index contributed by atoms with van der Waals surface area (Å²) in [5.74, 6) is 0.0596. The Morgan fingerprint density at radius 3 is 2.42 bits per heavy atom. The van der Waals surface area contributed by atoms with Crippen LogP contribution in [0, 0.1) is 6.92 Å². The van der Waals surface area contributed by atoms with Gasteiger partial charge >= 0.3 is 0 Å². The predicted molar refractivity (Wildman–Crippen MR) is 79.2 cm³/mol. The van der Waals surface area contributed by atoms with Crippen LogP contribution >= 0.6 is 0 Å². The summed E-state index contributed by atoms with van der Waals surface area (Å²) >= 11 is 0. The SMILES string of the molecule is Cc1ccc(C(=O)N(C)C2CCCCCC2)c(N)c1. The van der Waals surface area contributed by atoms with Gasteiger partial charge in [-0.15, -0.1) is 0 Å². The van der Waals surface area contributed by atoms with E-state index in [1.165, 1.54) is 25.7 Å². The van der Waals surface area contributed by atoms with E-state index in [0.29, 0.717) is 17.3 Å². The maximum absolute atomic E-state index is 12.5. The van der Waals surface area contributed by atoms with Crippen LogP contribution in [0.3, 0.4) is 0 Å². The van der Waals surface area contributed by atoms with Gasteiger partial charge in [-0.25, -0.2) is 0 Å². The van der Waals surface area contributed by atoms with E-state index >= 15 is 0 Å². The van der Waals surface area contributed by atoms with E-state index < -0.39 is 0 Å². The minimum atomic E-state index is 0.0596. The number of aryl methyl sites for hydroxylation is 1. The molecule has 1 aliphatic carbocycles. The third kappa shape index (κ3) is 3.28. The molecule has 1 aromatic carbocycles. The summed E-state index contributed by atoms with van der Waals surface area (Å²) in [6.07, 6.45) is 7.29. The van der Waals surface area contributed by atoms with Crippen molar-refractivity contribution in [3.8, 4) is 0 Å². The van der Waals surface area contributed by atoms with E-state index in [9.17, 15) is 4.79 Å². The Morgan fingerprint density at radius 1 is 1.21 bits per heavy atom. The van der Waals surface area contributed by atoms with Gasteiger partial charge < -0.3 is 10.6 Å². The number of nitrogens with zero attached hydrogens (tertiary/aromatic N) is 1. The lowest BCUT2D eigenvalue weighted by Crippen LogP contribution is -2.37. The number of carbonyl (C=O) groups is 1. The molecule has 3 heteroatoms. The van der Waals surface area contributed by atoms with Crippen molar-refractivity contribution in [1.29, 1.82) is 0 Å². The van der Waals surface area contributed by atoms with Crippen LogP contribution < -0.4 is 5.73 Å². The maximum Gasteiger partial charge on any atom is 0.255 e. The standard InChI is InChI=1S/C16H24N2O/c1-12-9-10-14(15(17)11-12)16(19)18(2)13-7-5-3-4-6-8-13/h9-11,13H,3-8,17H2,1-2H3. The molecule has 2 rings (SSSR count). The van der Waals surface area contributed by atoms with Gasteiger partial charge in [-0.2, -0.15) is 0 Å². The molecular weight excluding hydrogens is 236 g/mol. The first-order valence-electron chi connectivity index (χ1n) is 7.23. The normalized spacial score (nSPS) is 16.9. The fraction of sp³-hybridized carbons (Fsp3) is 0.562. The molecule has 19 heavy (non-hydrogen) atoms. The number of carbonyl (C=O) groups excluding carboxylic acids is 1. The summed E-state index contributed by atoms with van der Waals surface area (Å²) in [6.45, 7) is 1.99. The highest BCUT2D eigenvalue weighted by Crippen LogP contribution is 2.24. The lowest BCUT2D eigenvalue weighted by molar-refractivity contribution is 0.0719. The molecular formula is C16H24N2O. The highest BCUT2D eigenvalue weighted by Gasteiger charge is 2.23. The quantitative estimate of drug-likeness (QED) is 0.654. The minimum absolute atomic E-state index is 0.0596. The number of rotatable bonds is 2. The van der Waals surface area contributed by atoms with Gasteiger partial charge in [0.25, 0.3) is 5.91 Å². The van der Waals surface area contributed by atoms with Gasteiger partial charge in [0.2, 0.25) is 0 Å². The topological polar surface area (TPSA) is 46.3 Å². The van der Waals surface area contributed by atoms with Gasteiger partial charge in [-0.3, -0.25) is 4.79 Å². The zero-order valence-corrected chi connectivity index (χ0v) is 12.0. The molecule has 3 nitrogen and oxygen atoms in total. The van der Waals surface area contributed by atoms with Crippen molar-refractivity contribution in [2.45, 2.75) is 51.5 Å².